The summed E-state index contributed by atoms with van der Waals surface area (Å²) < 4.78 is 56.6. The van der Waals surface area contributed by atoms with Crippen molar-refractivity contribution >= 4 is 28.8 Å². The molecule has 4 rings (SSSR count). The SMILES string of the molecule is COCC1(COC)C/C(=C\C(=O)Nc2ccc3c(c2)N(C)C(=O)CC3)c2ccc(C(F)(F)F)cc2O1. The maximum atomic E-state index is 13.4. The summed E-state index contributed by atoms with van der Waals surface area (Å²) in [6, 6.07) is 8.55. The fourth-order valence-electron chi connectivity index (χ4n) is 4.66. The lowest BCUT2D eigenvalue weighted by atomic mass is 9.86. The van der Waals surface area contributed by atoms with E-state index in [1.165, 1.54) is 26.4 Å². The maximum absolute atomic E-state index is 13.4. The van der Waals surface area contributed by atoms with Crippen molar-refractivity contribution in [2.45, 2.75) is 31.0 Å². The quantitative estimate of drug-likeness (QED) is 0.589. The van der Waals surface area contributed by atoms with Crippen LogP contribution < -0.4 is 15.0 Å². The topological polar surface area (TPSA) is 77.1 Å². The van der Waals surface area contributed by atoms with Crippen molar-refractivity contribution in [1.29, 1.82) is 0 Å². The zero-order valence-corrected chi connectivity index (χ0v) is 20.2. The molecule has 2 aromatic rings. The number of nitrogens with zero attached hydrogens (tertiary/aromatic N) is 1. The highest BCUT2D eigenvalue weighted by atomic mass is 19.4. The third-order valence-electron chi connectivity index (χ3n) is 6.31. The first-order valence-corrected chi connectivity index (χ1v) is 11.3. The van der Waals surface area contributed by atoms with Gasteiger partial charge in [0.15, 0.2) is 5.60 Å². The summed E-state index contributed by atoms with van der Waals surface area (Å²) in [7, 11) is 4.60. The number of methoxy groups -OCH3 is 2. The monoisotopic (exact) mass is 504 g/mol. The van der Waals surface area contributed by atoms with Crippen molar-refractivity contribution < 1.29 is 37.0 Å². The molecule has 0 radical (unpaired) electrons. The van der Waals surface area contributed by atoms with Gasteiger partial charge in [-0.15, -0.1) is 0 Å². The molecule has 2 aromatic carbocycles. The van der Waals surface area contributed by atoms with Gasteiger partial charge < -0.3 is 24.4 Å². The van der Waals surface area contributed by atoms with Gasteiger partial charge in [0, 0.05) is 57.1 Å². The molecule has 2 amide bonds. The van der Waals surface area contributed by atoms with Crippen LogP contribution in [-0.2, 0) is 31.7 Å². The van der Waals surface area contributed by atoms with E-state index in [1.54, 1.807) is 24.1 Å². The molecule has 0 fully saturated rings. The van der Waals surface area contributed by atoms with Crippen molar-refractivity contribution in [3.63, 3.8) is 0 Å². The third kappa shape index (κ3) is 5.24. The molecule has 0 saturated carbocycles. The highest BCUT2D eigenvalue weighted by Crippen LogP contribution is 2.43. The normalized spacial score (nSPS) is 17.9. The van der Waals surface area contributed by atoms with Gasteiger partial charge in [0.1, 0.15) is 5.75 Å². The molecule has 0 unspecified atom stereocenters. The molecule has 36 heavy (non-hydrogen) atoms. The summed E-state index contributed by atoms with van der Waals surface area (Å²) in [4.78, 5) is 26.6. The van der Waals surface area contributed by atoms with Gasteiger partial charge in [0.05, 0.1) is 18.8 Å². The lowest BCUT2D eigenvalue weighted by Crippen LogP contribution is -2.47. The maximum Gasteiger partial charge on any atom is 0.416 e. The lowest BCUT2D eigenvalue weighted by Gasteiger charge is -2.39. The Labute approximate surface area is 206 Å². The minimum absolute atomic E-state index is 0.00172. The number of ether oxygens (including phenoxy) is 3. The summed E-state index contributed by atoms with van der Waals surface area (Å²) in [5.41, 5.74) is 1.14. The number of carbonyl (C=O) groups excluding carboxylic acids is 2. The van der Waals surface area contributed by atoms with Crippen molar-refractivity contribution in [1.82, 2.24) is 0 Å². The Morgan fingerprint density at radius 1 is 1.14 bits per heavy atom. The first kappa shape index (κ1) is 25.7. The van der Waals surface area contributed by atoms with E-state index in [0.717, 1.165) is 23.4 Å². The van der Waals surface area contributed by atoms with E-state index in [4.69, 9.17) is 14.2 Å². The fourth-order valence-corrected chi connectivity index (χ4v) is 4.66. The standard InChI is InChI=1S/C26H27F3N2O5/c1-31-21-12-19(7-4-16(21)5-9-24(31)33)30-23(32)10-17-13-25(14-34-2,15-35-3)36-22-11-18(26(27,28)29)6-8-20(17)22/h4,6-8,10-12H,5,9,13-15H2,1-3H3,(H,30,32)/b17-10+. The van der Waals surface area contributed by atoms with Gasteiger partial charge in [0.25, 0.3) is 0 Å². The molecule has 0 spiro atoms. The van der Waals surface area contributed by atoms with E-state index in [1.807, 2.05) is 6.07 Å². The number of carbonyl (C=O) groups is 2. The average Bonchev–Trinajstić information content (AvgIpc) is 2.81. The smallest absolute Gasteiger partial charge is 0.416 e. The Morgan fingerprint density at radius 3 is 2.53 bits per heavy atom. The lowest BCUT2D eigenvalue weighted by molar-refractivity contribution is -0.138. The highest BCUT2D eigenvalue weighted by Gasteiger charge is 2.41. The molecule has 2 aliphatic heterocycles. The Bertz CT molecular complexity index is 1200. The van der Waals surface area contributed by atoms with Crippen LogP contribution in [0.4, 0.5) is 24.5 Å². The molecule has 0 aliphatic carbocycles. The number of fused-ring (bicyclic) bond motifs is 2. The molecule has 0 atom stereocenters. The van der Waals surface area contributed by atoms with Gasteiger partial charge in [-0.2, -0.15) is 13.2 Å². The summed E-state index contributed by atoms with van der Waals surface area (Å²) in [5, 5.41) is 2.80. The van der Waals surface area contributed by atoms with E-state index in [2.05, 4.69) is 5.32 Å². The second-order valence-corrected chi connectivity index (χ2v) is 8.99. The molecule has 10 heteroatoms. The van der Waals surface area contributed by atoms with Crippen molar-refractivity contribution in [2.24, 2.45) is 0 Å². The Balaban J connectivity index is 1.67. The largest absolute Gasteiger partial charge is 0.481 e. The Hall–Kier alpha value is -3.37. The van der Waals surface area contributed by atoms with Crippen molar-refractivity contribution in [3.8, 4) is 5.75 Å². The van der Waals surface area contributed by atoms with Crippen LogP contribution in [0, 0.1) is 0 Å². The molecule has 0 bridgehead atoms. The summed E-state index contributed by atoms with van der Waals surface area (Å²) in [6.45, 7) is 0.0847. The van der Waals surface area contributed by atoms with Crippen LogP contribution >= 0.6 is 0 Å². The van der Waals surface area contributed by atoms with Crippen molar-refractivity contribution in [2.75, 3.05) is 44.7 Å². The predicted molar refractivity (Wildman–Crippen MR) is 128 cm³/mol. The van der Waals surface area contributed by atoms with Crippen LogP contribution in [0.3, 0.4) is 0 Å². The van der Waals surface area contributed by atoms with Crippen LogP contribution in [0.2, 0.25) is 0 Å². The molecule has 1 N–H and O–H groups in total. The van der Waals surface area contributed by atoms with Gasteiger partial charge in [-0.1, -0.05) is 12.1 Å². The van der Waals surface area contributed by atoms with Crippen LogP contribution in [0.5, 0.6) is 5.75 Å². The summed E-state index contributed by atoms with van der Waals surface area (Å²) in [6.07, 6.45) is -1.95. The number of alkyl halides is 3. The highest BCUT2D eigenvalue weighted by molar-refractivity contribution is 6.05. The zero-order chi connectivity index (χ0) is 26.1. The van der Waals surface area contributed by atoms with E-state index < -0.39 is 23.2 Å². The molecule has 7 nitrogen and oxygen atoms in total. The zero-order valence-electron chi connectivity index (χ0n) is 20.2. The van der Waals surface area contributed by atoms with Gasteiger partial charge in [-0.3, -0.25) is 9.59 Å². The fraction of sp³-hybridized carbons (Fsp3) is 0.385. The number of aryl methyl sites for hydroxylation is 1. The molecular weight excluding hydrogens is 477 g/mol. The molecule has 2 heterocycles. The minimum Gasteiger partial charge on any atom is -0.481 e. The van der Waals surface area contributed by atoms with Crippen LogP contribution in [0.15, 0.2) is 42.5 Å². The molecule has 2 aliphatic rings. The number of rotatable bonds is 6. The number of anilines is 2. The Kier molecular flexibility index (Phi) is 7.10. The van der Waals surface area contributed by atoms with Gasteiger partial charge in [-0.25, -0.2) is 0 Å². The van der Waals surface area contributed by atoms with Gasteiger partial charge >= 0.3 is 6.18 Å². The van der Waals surface area contributed by atoms with E-state index in [-0.39, 0.29) is 31.3 Å². The van der Waals surface area contributed by atoms with Crippen LogP contribution in [0.1, 0.15) is 29.5 Å². The number of halogens is 3. The number of nitrogens with one attached hydrogen (secondary N) is 1. The second kappa shape index (κ2) is 9.94. The van der Waals surface area contributed by atoms with Gasteiger partial charge in [0.2, 0.25) is 11.8 Å². The first-order valence-electron chi connectivity index (χ1n) is 11.3. The molecule has 0 aromatic heterocycles. The third-order valence-corrected chi connectivity index (χ3v) is 6.31. The number of hydrogen-bond donors (Lipinski definition) is 1. The summed E-state index contributed by atoms with van der Waals surface area (Å²) in [5.74, 6) is -0.470. The number of benzene rings is 2. The minimum atomic E-state index is -4.55. The molecular formula is C26H27F3N2O5. The molecule has 0 saturated heterocycles. The summed E-state index contributed by atoms with van der Waals surface area (Å²) >= 11 is 0. The predicted octanol–water partition coefficient (Wildman–Crippen LogP) is 4.45. The number of hydrogen-bond acceptors (Lipinski definition) is 5. The van der Waals surface area contributed by atoms with E-state index >= 15 is 0 Å². The first-order chi connectivity index (χ1) is 17.0. The molecule has 192 valence electrons. The Morgan fingerprint density at radius 2 is 1.86 bits per heavy atom. The van der Waals surface area contributed by atoms with Crippen molar-refractivity contribution in [3.05, 3.63) is 59.2 Å². The van der Waals surface area contributed by atoms with E-state index in [9.17, 15) is 22.8 Å². The van der Waals surface area contributed by atoms with Gasteiger partial charge in [-0.05, 0) is 41.8 Å². The van der Waals surface area contributed by atoms with Crippen LogP contribution in [0.25, 0.3) is 5.57 Å². The average molecular weight is 505 g/mol. The second-order valence-electron chi connectivity index (χ2n) is 8.99. The number of amides is 2. The van der Waals surface area contributed by atoms with Crippen LogP contribution in [-0.4, -0.2) is 51.9 Å². The van der Waals surface area contributed by atoms with E-state index in [0.29, 0.717) is 29.7 Å².